The molecule has 0 saturated heterocycles. The lowest BCUT2D eigenvalue weighted by Crippen LogP contribution is -2.52. The van der Waals surface area contributed by atoms with Gasteiger partial charge in [0.05, 0.1) is 0 Å². The molecule has 0 aliphatic heterocycles. The Kier molecular flexibility index (Phi) is 6.29. The molecular formula is C24H44O2Si3. The Morgan fingerprint density at radius 2 is 1.03 bits per heavy atom. The number of rotatable bonds is 10. The van der Waals surface area contributed by atoms with Gasteiger partial charge in [0.2, 0.25) is 0 Å². The third-order valence-corrected chi connectivity index (χ3v) is 19.5. The van der Waals surface area contributed by atoms with Crippen molar-refractivity contribution >= 4 is 25.2 Å². The maximum Gasteiger partial charge on any atom is 0.311 e. The Labute approximate surface area is 183 Å². The fourth-order valence-electron chi connectivity index (χ4n) is 6.97. The first-order valence-electron chi connectivity index (χ1n) is 12.3. The van der Waals surface area contributed by atoms with Crippen LogP contribution in [0.5, 0.6) is 0 Å². The number of hydrogen-bond donors (Lipinski definition) is 0. The molecule has 0 aromatic rings. The van der Waals surface area contributed by atoms with Gasteiger partial charge in [-0.15, -0.1) is 0 Å². The molecule has 0 heterocycles. The van der Waals surface area contributed by atoms with Crippen LogP contribution in [0.25, 0.3) is 0 Å². The van der Waals surface area contributed by atoms with E-state index in [0.29, 0.717) is 0 Å². The molecule has 5 heteroatoms. The first kappa shape index (κ1) is 22.3. The van der Waals surface area contributed by atoms with E-state index in [9.17, 15) is 0 Å². The van der Waals surface area contributed by atoms with Crippen molar-refractivity contribution in [1.82, 2.24) is 0 Å². The summed E-state index contributed by atoms with van der Waals surface area (Å²) in [6.07, 6.45) is 18.4. The van der Waals surface area contributed by atoms with Crippen molar-refractivity contribution in [2.75, 3.05) is 0 Å². The minimum absolute atomic E-state index is 0.873. The minimum atomic E-state index is -2.07. The van der Waals surface area contributed by atoms with Crippen LogP contribution in [0.1, 0.15) is 38.5 Å². The SMILES string of the molecule is C[Si](C)(CC[C@@H]1C[C@H]2C=C[C@H]1C2)O[Si](C)(C)O[Si](C)(C)CC[C@H]1C[C@H]2C=C[C@H]1C2. The number of fused-ring (bicyclic) bond motifs is 4. The second-order valence-corrected chi connectivity index (χ2v) is 24.8. The summed E-state index contributed by atoms with van der Waals surface area (Å²) >= 11 is 0. The molecular weight excluding hydrogens is 405 g/mol. The smallest absolute Gasteiger partial charge is 0.311 e. The van der Waals surface area contributed by atoms with Gasteiger partial charge in [-0.1, -0.05) is 37.1 Å². The zero-order valence-corrected chi connectivity index (χ0v) is 22.7. The van der Waals surface area contributed by atoms with E-state index in [2.05, 4.69) is 63.6 Å². The highest BCUT2D eigenvalue weighted by Gasteiger charge is 2.42. The highest BCUT2D eigenvalue weighted by Crippen LogP contribution is 2.47. The van der Waals surface area contributed by atoms with E-state index in [-0.39, 0.29) is 0 Å². The van der Waals surface area contributed by atoms with Crippen LogP contribution in [-0.2, 0) is 8.23 Å². The summed E-state index contributed by atoms with van der Waals surface area (Å²) in [6.45, 7) is 14.4. The number of allylic oxidation sites excluding steroid dienone is 4. The van der Waals surface area contributed by atoms with E-state index in [1.165, 1.54) is 50.6 Å². The zero-order valence-electron chi connectivity index (χ0n) is 19.7. The van der Waals surface area contributed by atoms with E-state index < -0.39 is 25.2 Å². The van der Waals surface area contributed by atoms with Crippen molar-refractivity contribution in [2.45, 2.75) is 89.9 Å². The van der Waals surface area contributed by atoms with Gasteiger partial charge in [0, 0.05) is 0 Å². The van der Waals surface area contributed by atoms with E-state index >= 15 is 0 Å². The van der Waals surface area contributed by atoms with Gasteiger partial charge >= 0.3 is 8.56 Å². The summed E-state index contributed by atoms with van der Waals surface area (Å²) in [4.78, 5) is 0. The summed E-state index contributed by atoms with van der Waals surface area (Å²) in [5.41, 5.74) is 0. The Morgan fingerprint density at radius 1 is 0.621 bits per heavy atom. The lowest BCUT2D eigenvalue weighted by atomic mass is 9.91. The van der Waals surface area contributed by atoms with Crippen LogP contribution in [0.2, 0.25) is 51.4 Å². The predicted octanol–water partition coefficient (Wildman–Crippen LogP) is 7.34. The Bertz CT molecular complexity index is 601. The van der Waals surface area contributed by atoms with Crippen molar-refractivity contribution in [1.29, 1.82) is 0 Å². The summed E-state index contributed by atoms with van der Waals surface area (Å²) in [6, 6.07) is 2.60. The molecule has 4 aliphatic carbocycles. The Morgan fingerprint density at radius 3 is 1.34 bits per heavy atom. The average Bonchev–Trinajstić information content (AvgIpc) is 3.36. The predicted molar refractivity (Wildman–Crippen MR) is 131 cm³/mol. The summed E-state index contributed by atoms with van der Waals surface area (Å²) in [5, 5.41) is 0. The summed E-state index contributed by atoms with van der Waals surface area (Å²) < 4.78 is 13.8. The molecule has 2 fully saturated rings. The van der Waals surface area contributed by atoms with Gasteiger partial charge in [0.15, 0.2) is 16.6 Å². The molecule has 6 atom stereocenters. The summed E-state index contributed by atoms with van der Waals surface area (Å²) in [5.74, 6) is 5.38. The molecule has 29 heavy (non-hydrogen) atoms. The maximum atomic E-state index is 6.88. The molecule has 0 aromatic heterocycles. The fraction of sp³-hybridized carbons (Fsp3) is 0.833. The highest BCUT2D eigenvalue weighted by atomic mass is 28.5. The molecule has 4 rings (SSSR count). The second kappa shape index (κ2) is 8.19. The normalized spacial score (nSPS) is 35.9. The maximum absolute atomic E-state index is 6.88. The number of hydrogen-bond acceptors (Lipinski definition) is 2. The molecule has 0 spiro atoms. The van der Waals surface area contributed by atoms with E-state index in [1.54, 1.807) is 0 Å². The fourth-order valence-corrected chi connectivity index (χ4v) is 21.1. The second-order valence-electron chi connectivity index (χ2n) is 12.3. The third kappa shape index (κ3) is 5.65. The first-order valence-corrected chi connectivity index (χ1v) is 21.3. The molecule has 0 unspecified atom stereocenters. The van der Waals surface area contributed by atoms with Gasteiger partial charge in [-0.25, -0.2) is 0 Å². The van der Waals surface area contributed by atoms with E-state index in [0.717, 1.165) is 35.5 Å². The summed E-state index contributed by atoms with van der Waals surface area (Å²) in [7, 11) is -5.40. The molecule has 4 bridgehead atoms. The first-order chi connectivity index (χ1) is 13.5. The van der Waals surface area contributed by atoms with Crippen molar-refractivity contribution in [3.05, 3.63) is 24.3 Å². The van der Waals surface area contributed by atoms with E-state index in [4.69, 9.17) is 8.23 Å². The largest absolute Gasteiger partial charge is 0.437 e. The third-order valence-electron chi connectivity index (χ3n) is 8.11. The molecule has 2 saturated carbocycles. The van der Waals surface area contributed by atoms with Gasteiger partial charge in [-0.2, -0.15) is 0 Å². The topological polar surface area (TPSA) is 18.5 Å². The van der Waals surface area contributed by atoms with Gasteiger partial charge < -0.3 is 8.23 Å². The van der Waals surface area contributed by atoms with Crippen LogP contribution in [0, 0.1) is 35.5 Å². The lowest BCUT2D eigenvalue weighted by molar-refractivity contribution is 0.370. The zero-order chi connectivity index (χ0) is 20.9. The molecule has 0 N–H and O–H groups in total. The standard InChI is InChI=1S/C24H44O2Si3/c1-27(2,13-11-23-17-19-7-9-21(23)15-19)25-29(5,6)26-28(3,4)14-12-24-18-20-8-10-22(24)16-20/h7-10,19-24H,11-18H2,1-6H3/t19-,20-,21-,22-,23-,24+/m0/s1. The van der Waals surface area contributed by atoms with Crippen LogP contribution in [0.15, 0.2) is 24.3 Å². The van der Waals surface area contributed by atoms with Crippen LogP contribution in [-0.4, -0.2) is 25.2 Å². The van der Waals surface area contributed by atoms with Crippen molar-refractivity contribution in [2.24, 2.45) is 35.5 Å². The van der Waals surface area contributed by atoms with E-state index in [1.807, 2.05) is 0 Å². The van der Waals surface area contributed by atoms with Crippen LogP contribution in [0.4, 0.5) is 0 Å². The van der Waals surface area contributed by atoms with Crippen molar-refractivity contribution in [3.63, 3.8) is 0 Å². The van der Waals surface area contributed by atoms with Gasteiger partial charge in [-0.3, -0.25) is 0 Å². The average molecular weight is 449 g/mol. The molecule has 2 nitrogen and oxygen atoms in total. The molecule has 0 radical (unpaired) electrons. The van der Waals surface area contributed by atoms with Crippen LogP contribution in [0.3, 0.4) is 0 Å². The molecule has 0 amide bonds. The Hall–Kier alpha value is 0.0506. The quantitative estimate of drug-likeness (QED) is 0.257. The van der Waals surface area contributed by atoms with Crippen molar-refractivity contribution in [3.8, 4) is 0 Å². The molecule has 4 aliphatic rings. The van der Waals surface area contributed by atoms with Crippen LogP contribution < -0.4 is 0 Å². The highest BCUT2D eigenvalue weighted by molar-refractivity contribution is 6.87. The van der Waals surface area contributed by atoms with Gasteiger partial charge in [0.1, 0.15) is 0 Å². The lowest BCUT2D eigenvalue weighted by Gasteiger charge is -2.39. The van der Waals surface area contributed by atoms with Gasteiger partial charge in [0.25, 0.3) is 0 Å². The minimum Gasteiger partial charge on any atom is -0.437 e. The van der Waals surface area contributed by atoms with Crippen molar-refractivity contribution < 1.29 is 8.23 Å². The molecule has 164 valence electrons. The van der Waals surface area contributed by atoms with Crippen LogP contribution >= 0.6 is 0 Å². The van der Waals surface area contributed by atoms with Gasteiger partial charge in [-0.05, 0) is 113 Å². The Balaban J connectivity index is 1.23. The molecule has 0 aromatic carbocycles. The monoisotopic (exact) mass is 448 g/mol.